The van der Waals surface area contributed by atoms with Crippen molar-refractivity contribution >= 4 is 76.3 Å². The standard InChI is InChI=1S/C59H42N2/c1-2-45-53(39-17-5-3-6-18-39)37-55(60-59(45)40-19-7-4-8-20-40)43-30-32-49-47-22-11-12-23-48(47)52-26-15-25-46(58(52)54(49)35-43)42-29-33-51-50-24-13-14-27-56(50)61(57(51)36-42)44-31-28-38-16-9-10-21-41(38)34-44/h3-37,45,53H,2H2,1H3. The van der Waals surface area contributed by atoms with Crippen LogP contribution in [0.5, 0.6) is 0 Å². The van der Waals surface area contributed by atoms with Crippen molar-refractivity contribution in [1.29, 1.82) is 0 Å². The summed E-state index contributed by atoms with van der Waals surface area (Å²) in [4.78, 5) is 5.57. The second-order valence-electron chi connectivity index (χ2n) is 16.5. The molecule has 2 heteroatoms. The van der Waals surface area contributed by atoms with Crippen molar-refractivity contribution in [3.63, 3.8) is 0 Å². The fourth-order valence-electron chi connectivity index (χ4n) is 10.3. The van der Waals surface area contributed by atoms with Gasteiger partial charge in [0.15, 0.2) is 0 Å². The zero-order valence-corrected chi connectivity index (χ0v) is 34.0. The highest BCUT2D eigenvalue weighted by Gasteiger charge is 2.30. The molecule has 0 fully saturated rings. The fourth-order valence-corrected chi connectivity index (χ4v) is 10.3. The summed E-state index contributed by atoms with van der Waals surface area (Å²) in [7, 11) is 0. The van der Waals surface area contributed by atoms with E-state index in [2.05, 4.69) is 224 Å². The number of aromatic nitrogens is 1. The molecule has 2 heterocycles. The van der Waals surface area contributed by atoms with Crippen LogP contribution in [0.3, 0.4) is 0 Å². The first-order chi connectivity index (χ1) is 30.2. The Hall–Kier alpha value is -7.55. The van der Waals surface area contributed by atoms with Crippen molar-refractivity contribution in [1.82, 2.24) is 4.57 Å². The third kappa shape index (κ3) is 5.74. The van der Waals surface area contributed by atoms with Crippen molar-refractivity contribution in [2.45, 2.75) is 19.3 Å². The number of rotatable bonds is 6. The quantitative estimate of drug-likeness (QED) is 0.150. The van der Waals surface area contributed by atoms with Gasteiger partial charge in [0.1, 0.15) is 0 Å². The minimum absolute atomic E-state index is 0.203. The molecule has 2 atom stereocenters. The molecule has 288 valence electrons. The number of fused-ring (bicyclic) bond motifs is 10. The first kappa shape index (κ1) is 35.4. The summed E-state index contributed by atoms with van der Waals surface area (Å²) in [5, 5.41) is 12.5. The molecule has 12 rings (SSSR count). The van der Waals surface area contributed by atoms with Crippen LogP contribution in [0.25, 0.3) is 87.4 Å². The van der Waals surface area contributed by atoms with E-state index in [-0.39, 0.29) is 11.8 Å². The highest BCUT2D eigenvalue weighted by molar-refractivity contribution is 6.29. The third-order valence-electron chi connectivity index (χ3n) is 13.2. The molecule has 10 aromatic carbocycles. The molecule has 2 unspecified atom stereocenters. The Kier molecular flexibility index (Phi) is 8.31. The summed E-state index contributed by atoms with van der Waals surface area (Å²) in [6.07, 6.45) is 3.43. The van der Waals surface area contributed by atoms with Gasteiger partial charge in [-0.2, -0.15) is 0 Å². The normalized spacial score (nSPS) is 15.6. The van der Waals surface area contributed by atoms with Gasteiger partial charge in [-0.25, -0.2) is 0 Å². The Bertz CT molecular complexity index is 3570. The predicted octanol–water partition coefficient (Wildman–Crippen LogP) is 15.7. The Morgan fingerprint density at radius 1 is 0.443 bits per heavy atom. The van der Waals surface area contributed by atoms with E-state index < -0.39 is 0 Å². The van der Waals surface area contributed by atoms with Gasteiger partial charge in [-0.3, -0.25) is 4.99 Å². The SMILES string of the molecule is CCC1C(c2ccccc2)=NC(c2ccc3c4ccccc4c4cccc(-c5ccc6c7ccccc7n(-c7ccc8ccccc8c7)c6c5)c4c3c2)=CC1c1ccccc1. The lowest BCUT2D eigenvalue weighted by molar-refractivity contribution is 0.593. The Morgan fingerprint density at radius 3 is 1.90 bits per heavy atom. The van der Waals surface area contributed by atoms with E-state index in [1.807, 2.05) is 0 Å². The molecule has 0 aliphatic carbocycles. The number of para-hydroxylation sites is 1. The summed E-state index contributed by atoms with van der Waals surface area (Å²) in [5.41, 5.74) is 11.8. The predicted molar refractivity (Wildman–Crippen MR) is 260 cm³/mol. The molecule has 61 heavy (non-hydrogen) atoms. The number of hydrogen-bond acceptors (Lipinski definition) is 1. The maximum absolute atomic E-state index is 5.57. The maximum atomic E-state index is 5.57. The second kappa shape index (κ2) is 14.3. The van der Waals surface area contributed by atoms with E-state index in [1.54, 1.807) is 0 Å². The third-order valence-corrected chi connectivity index (χ3v) is 13.2. The summed E-state index contributed by atoms with van der Waals surface area (Å²) >= 11 is 0. The van der Waals surface area contributed by atoms with E-state index in [0.717, 1.165) is 29.1 Å². The van der Waals surface area contributed by atoms with Gasteiger partial charge in [-0.1, -0.05) is 183 Å². The molecule has 11 aromatic rings. The molecule has 0 bridgehead atoms. The molecule has 1 aromatic heterocycles. The summed E-state index contributed by atoms with van der Waals surface area (Å²) < 4.78 is 2.45. The first-order valence-corrected chi connectivity index (χ1v) is 21.5. The zero-order chi connectivity index (χ0) is 40.4. The molecular formula is C59H42N2. The van der Waals surface area contributed by atoms with Crippen molar-refractivity contribution in [2.24, 2.45) is 10.9 Å². The van der Waals surface area contributed by atoms with Gasteiger partial charge in [0.2, 0.25) is 0 Å². The van der Waals surface area contributed by atoms with E-state index in [4.69, 9.17) is 4.99 Å². The van der Waals surface area contributed by atoms with Crippen molar-refractivity contribution in [3.8, 4) is 16.8 Å². The molecule has 0 radical (unpaired) electrons. The number of aliphatic imine (C=N–C) groups is 1. The smallest absolute Gasteiger partial charge is 0.0672 e. The van der Waals surface area contributed by atoms with Crippen LogP contribution in [0.4, 0.5) is 0 Å². The van der Waals surface area contributed by atoms with Gasteiger partial charge in [0.25, 0.3) is 0 Å². The Morgan fingerprint density at radius 2 is 1.08 bits per heavy atom. The molecule has 0 amide bonds. The van der Waals surface area contributed by atoms with Crippen LogP contribution >= 0.6 is 0 Å². The minimum atomic E-state index is 0.203. The summed E-state index contributed by atoms with van der Waals surface area (Å²) in [6.45, 7) is 2.30. The lowest BCUT2D eigenvalue weighted by Crippen LogP contribution is -2.25. The topological polar surface area (TPSA) is 17.3 Å². The van der Waals surface area contributed by atoms with E-state index >= 15 is 0 Å². The zero-order valence-electron chi connectivity index (χ0n) is 34.0. The number of hydrogen-bond donors (Lipinski definition) is 0. The fraction of sp³-hybridized carbons (Fsp3) is 0.0678. The molecule has 1 aliphatic rings. The van der Waals surface area contributed by atoms with Crippen LogP contribution < -0.4 is 0 Å². The molecule has 0 spiro atoms. The molecule has 2 nitrogen and oxygen atoms in total. The number of nitrogens with zero attached hydrogens (tertiary/aromatic N) is 2. The van der Waals surface area contributed by atoms with E-state index in [9.17, 15) is 0 Å². The van der Waals surface area contributed by atoms with Crippen LogP contribution in [0.1, 0.15) is 36.0 Å². The van der Waals surface area contributed by atoms with Gasteiger partial charge in [0, 0.05) is 33.9 Å². The van der Waals surface area contributed by atoms with Crippen LogP contribution in [0, 0.1) is 5.92 Å². The molecule has 1 aliphatic heterocycles. The van der Waals surface area contributed by atoms with Crippen molar-refractivity contribution in [3.05, 3.63) is 229 Å². The summed E-state index contributed by atoms with van der Waals surface area (Å²) in [5.74, 6) is 0.472. The van der Waals surface area contributed by atoms with Gasteiger partial charge >= 0.3 is 0 Å². The molecule has 0 saturated heterocycles. The van der Waals surface area contributed by atoms with Crippen molar-refractivity contribution in [2.75, 3.05) is 0 Å². The average molecular weight is 779 g/mol. The van der Waals surface area contributed by atoms with E-state index in [0.29, 0.717) is 0 Å². The average Bonchev–Trinajstić information content (AvgIpc) is 3.67. The van der Waals surface area contributed by atoms with Crippen molar-refractivity contribution < 1.29 is 0 Å². The molecular weight excluding hydrogens is 737 g/mol. The lowest BCUT2D eigenvalue weighted by Gasteiger charge is -2.31. The summed E-state index contributed by atoms with van der Waals surface area (Å²) in [6, 6.07) is 75.9. The minimum Gasteiger partial charge on any atom is -0.309 e. The number of benzene rings is 10. The van der Waals surface area contributed by atoms with Gasteiger partial charge in [0.05, 0.1) is 22.4 Å². The Labute approximate surface area is 355 Å². The van der Waals surface area contributed by atoms with Crippen LogP contribution in [-0.2, 0) is 0 Å². The van der Waals surface area contributed by atoms with Crippen LogP contribution in [-0.4, -0.2) is 10.3 Å². The largest absolute Gasteiger partial charge is 0.309 e. The van der Waals surface area contributed by atoms with Crippen LogP contribution in [0.15, 0.2) is 217 Å². The van der Waals surface area contributed by atoms with Crippen LogP contribution in [0.2, 0.25) is 0 Å². The van der Waals surface area contributed by atoms with E-state index in [1.165, 1.54) is 87.1 Å². The van der Waals surface area contributed by atoms with Gasteiger partial charge in [-0.05, 0) is 108 Å². The Balaban J connectivity index is 1.11. The lowest BCUT2D eigenvalue weighted by atomic mass is 9.76. The van der Waals surface area contributed by atoms with Gasteiger partial charge in [-0.15, -0.1) is 0 Å². The first-order valence-electron chi connectivity index (χ1n) is 21.5. The molecule has 0 saturated carbocycles. The monoisotopic (exact) mass is 778 g/mol. The maximum Gasteiger partial charge on any atom is 0.0672 e. The second-order valence-corrected chi connectivity index (χ2v) is 16.5. The van der Waals surface area contributed by atoms with Gasteiger partial charge < -0.3 is 4.57 Å². The highest BCUT2D eigenvalue weighted by Crippen LogP contribution is 2.45. The highest BCUT2D eigenvalue weighted by atomic mass is 15.0. The number of allylic oxidation sites excluding steroid dienone is 1. The molecule has 0 N–H and O–H groups in total.